The van der Waals surface area contributed by atoms with Crippen molar-refractivity contribution in [1.29, 1.82) is 0 Å². The number of likely N-dealkylation sites (N-methyl/N-ethyl adjacent to an activating group) is 1. The summed E-state index contributed by atoms with van der Waals surface area (Å²) in [6.45, 7) is 5.80. The summed E-state index contributed by atoms with van der Waals surface area (Å²) in [5, 5.41) is 30.9. The van der Waals surface area contributed by atoms with Crippen LogP contribution in [0.4, 0.5) is 0 Å². The predicted molar refractivity (Wildman–Crippen MR) is 182 cm³/mol. The van der Waals surface area contributed by atoms with E-state index in [4.69, 9.17) is 49.1 Å². The zero-order valence-electron chi connectivity index (χ0n) is 26.8. The lowest BCUT2D eigenvalue weighted by Gasteiger charge is -2.15. The normalized spacial score (nSPS) is 12.4. The van der Waals surface area contributed by atoms with Crippen LogP contribution in [-0.4, -0.2) is 108 Å². The van der Waals surface area contributed by atoms with E-state index in [1.807, 2.05) is 11.3 Å². The van der Waals surface area contributed by atoms with Gasteiger partial charge < -0.3 is 34.8 Å². The van der Waals surface area contributed by atoms with Crippen LogP contribution < -0.4 is 9.47 Å². The van der Waals surface area contributed by atoms with Gasteiger partial charge in [0.25, 0.3) is 0 Å². The maximum Gasteiger partial charge on any atom is 0.414 e. The number of ether oxygens (including phenoxy) is 2. The third kappa shape index (κ3) is 12.3. The van der Waals surface area contributed by atoms with Crippen LogP contribution in [0.2, 0.25) is 0 Å². The fourth-order valence-electron chi connectivity index (χ4n) is 4.76. The lowest BCUT2D eigenvalue weighted by molar-refractivity contribution is -0.159. The van der Waals surface area contributed by atoms with Gasteiger partial charge in [-0.3, -0.25) is 4.90 Å². The molecule has 0 amide bonds. The zero-order chi connectivity index (χ0) is 35.1. The van der Waals surface area contributed by atoms with Crippen LogP contribution in [0.25, 0.3) is 20.5 Å². The number of hydrogen-bond acceptors (Lipinski definition) is 9. The average Bonchev–Trinajstić information content (AvgIpc) is 3.71. The number of hydrogen-bond donors (Lipinski definition) is 4. The second kappa shape index (κ2) is 19.0. The van der Waals surface area contributed by atoms with Crippen molar-refractivity contribution >= 4 is 45.3 Å². The van der Waals surface area contributed by atoms with E-state index < -0.39 is 23.9 Å². The summed E-state index contributed by atoms with van der Waals surface area (Å²) >= 11 is 1.88. The van der Waals surface area contributed by atoms with Crippen LogP contribution >= 0.6 is 11.3 Å². The Morgan fingerprint density at radius 3 is 1.79 bits per heavy atom. The predicted octanol–water partition coefficient (Wildman–Crippen LogP) is 4.89. The molecule has 48 heavy (non-hydrogen) atoms. The van der Waals surface area contributed by atoms with Crippen molar-refractivity contribution in [1.82, 2.24) is 9.80 Å². The van der Waals surface area contributed by atoms with Crippen LogP contribution in [0.15, 0.2) is 72.8 Å². The third-order valence-electron chi connectivity index (χ3n) is 7.17. The first-order chi connectivity index (χ1) is 22.9. The minimum Gasteiger partial charge on any atom is -0.492 e. The summed E-state index contributed by atoms with van der Waals surface area (Å²) in [5.74, 6) is -5.42. The Labute approximate surface area is 282 Å². The van der Waals surface area contributed by atoms with E-state index in [0.717, 1.165) is 37.6 Å². The van der Waals surface area contributed by atoms with Crippen LogP contribution in [0.1, 0.15) is 24.0 Å². The number of aliphatic carboxylic acids is 4. The van der Waals surface area contributed by atoms with Crippen molar-refractivity contribution in [2.24, 2.45) is 0 Å². The maximum atomic E-state index is 9.10. The van der Waals surface area contributed by atoms with E-state index in [9.17, 15) is 0 Å². The van der Waals surface area contributed by atoms with Gasteiger partial charge in [0, 0.05) is 22.7 Å². The molecule has 0 spiro atoms. The third-order valence-corrected chi connectivity index (χ3v) is 8.43. The van der Waals surface area contributed by atoms with Gasteiger partial charge in [-0.05, 0) is 111 Å². The Kier molecular flexibility index (Phi) is 14.8. The number of likely N-dealkylation sites (tertiary alicyclic amines) is 1. The first-order valence-corrected chi connectivity index (χ1v) is 16.0. The SMILES string of the molecule is CN(C)CCOc1ccc(Cc2c(-c3ccc(OCCN4CCCC4)cc3)sc3ccccc23)cc1.O=C(O)C(=O)O.O=C(O)C(=O)O. The molecule has 4 aromatic rings. The van der Waals surface area contributed by atoms with Gasteiger partial charge in [0.2, 0.25) is 0 Å². The molecule has 1 aliphatic heterocycles. The molecule has 2 heterocycles. The lowest BCUT2D eigenvalue weighted by Crippen LogP contribution is -2.25. The number of carboxylic acid groups (broad SMARTS) is 4. The molecule has 13 heteroatoms. The molecule has 3 aromatic carbocycles. The Morgan fingerprint density at radius 1 is 0.729 bits per heavy atom. The Morgan fingerprint density at radius 2 is 1.25 bits per heavy atom. The van der Waals surface area contributed by atoms with Gasteiger partial charge >= 0.3 is 23.9 Å². The fourth-order valence-corrected chi connectivity index (χ4v) is 5.99. The van der Waals surface area contributed by atoms with Crippen molar-refractivity contribution in [2.75, 3.05) is 53.5 Å². The zero-order valence-corrected chi connectivity index (χ0v) is 27.6. The Bertz CT molecular complexity index is 1600. The Balaban J connectivity index is 0.000000446. The van der Waals surface area contributed by atoms with Gasteiger partial charge in [0.15, 0.2) is 0 Å². The minimum atomic E-state index is -1.82. The molecular formula is C35H40N2O10S. The highest BCUT2D eigenvalue weighted by Gasteiger charge is 2.15. The molecule has 0 bridgehead atoms. The van der Waals surface area contributed by atoms with Gasteiger partial charge in [-0.1, -0.05) is 30.3 Å². The molecule has 1 aliphatic rings. The molecule has 0 saturated carbocycles. The summed E-state index contributed by atoms with van der Waals surface area (Å²) in [6, 6.07) is 26.0. The van der Waals surface area contributed by atoms with E-state index >= 15 is 0 Å². The van der Waals surface area contributed by atoms with Crippen LogP contribution in [0, 0.1) is 0 Å². The first-order valence-electron chi connectivity index (χ1n) is 15.2. The number of benzene rings is 3. The average molecular weight is 681 g/mol. The number of carboxylic acids is 4. The molecule has 12 nitrogen and oxygen atoms in total. The second-order valence-electron chi connectivity index (χ2n) is 11.0. The van der Waals surface area contributed by atoms with Gasteiger partial charge in [-0.25, -0.2) is 19.2 Å². The maximum absolute atomic E-state index is 9.10. The standard InChI is InChI=1S/C31H36N2O2S.2C2H2O4/c1-32(2)19-21-34-26-13-9-24(10-14-26)23-29-28-7-3-4-8-30(28)36-31(29)25-11-15-27(16-12-25)35-22-20-33-17-5-6-18-33;2*3-1(4)2(5)6/h3-4,7-16H,5-6,17-23H2,1-2H3;2*(H,3,4)(H,5,6). The van der Waals surface area contributed by atoms with Crippen molar-refractivity contribution in [3.8, 4) is 21.9 Å². The molecule has 0 aliphatic carbocycles. The fraction of sp³-hybridized carbons (Fsp3) is 0.314. The van der Waals surface area contributed by atoms with Crippen molar-refractivity contribution in [2.45, 2.75) is 19.3 Å². The number of rotatable bonds is 11. The summed E-state index contributed by atoms with van der Waals surface area (Å²) in [6.07, 6.45) is 3.53. The monoisotopic (exact) mass is 680 g/mol. The summed E-state index contributed by atoms with van der Waals surface area (Å²) in [7, 11) is 4.12. The van der Waals surface area contributed by atoms with E-state index in [1.165, 1.54) is 57.6 Å². The van der Waals surface area contributed by atoms with Gasteiger partial charge in [-0.2, -0.15) is 0 Å². The number of thiophene rings is 1. The summed E-state index contributed by atoms with van der Waals surface area (Å²) in [5.41, 5.74) is 3.93. The largest absolute Gasteiger partial charge is 0.492 e. The molecule has 0 unspecified atom stereocenters. The Hall–Kier alpha value is -4.98. The highest BCUT2D eigenvalue weighted by molar-refractivity contribution is 7.22. The number of carbonyl (C=O) groups is 4. The summed E-state index contributed by atoms with van der Waals surface area (Å²) in [4.78, 5) is 42.4. The molecular weight excluding hydrogens is 640 g/mol. The summed E-state index contributed by atoms with van der Waals surface area (Å²) < 4.78 is 13.3. The van der Waals surface area contributed by atoms with Crippen molar-refractivity contribution < 1.29 is 49.1 Å². The van der Waals surface area contributed by atoms with Gasteiger partial charge in [-0.15, -0.1) is 11.3 Å². The van der Waals surface area contributed by atoms with Crippen LogP contribution in [-0.2, 0) is 25.6 Å². The molecule has 256 valence electrons. The highest BCUT2D eigenvalue weighted by atomic mass is 32.1. The topological polar surface area (TPSA) is 174 Å². The molecule has 1 saturated heterocycles. The smallest absolute Gasteiger partial charge is 0.414 e. The molecule has 0 radical (unpaired) electrons. The number of fused-ring (bicyclic) bond motifs is 1. The van der Waals surface area contributed by atoms with Gasteiger partial charge in [0.1, 0.15) is 24.7 Å². The molecule has 1 fully saturated rings. The first kappa shape index (κ1) is 37.5. The molecule has 1 aromatic heterocycles. The molecule has 5 rings (SSSR count). The highest BCUT2D eigenvalue weighted by Crippen LogP contribution is 2.40. The van der Waals surface area contributed by atoms with E-state index in [0.29, 0.717) is 6.61 Å². The quantitative estimate of drug-likeness (QED) is 0.158. The minimum absolute atomic E-state index is 0.698. The van der Waals surface area contributed by atoms with Crippen molar-refractivity contribution in [3.05, 3.63) is 83.9 Å². The van der Waals surface area contributed by atoms with Crippen LogP contribution in [0.3, 0.4) is 0 Å². The van der Waals surface area contributed by atoms with Crippen molar-refractivity contribution in [3.63, 3.8) is 0 Å². The van der Waals surface area contributed by atoms with E-state index in [1.54, 1.807) is 0 Å². The van der Waals surface area contributed by atoms with Crippen LogP contribution in [0.5, 0.6) is 11.5 Å². The molecule has 4 N–H and O–H groups in total. The van der Waals surface area contributed by atoms with E-state index in [-0.39, 0.29) is 0 Å². The van der Waals surface area contributed by atoms with E-state index in [2.05, 4.69) is 96.7 Å². The van der Waals surface area contributed by atoms with Gasteiger partial charge in [0.05, 0.1) is 0 Å². The second-order valence-corrected chi connectivity index (χ2v) is 12.1. The lowest BCUT2D eigenvalue weighted by atomic mass is 9.99. The number of nitrogens with zero attached hydrogens (tertiary/aromatic N) is 2. The molecule has 0 atom stereocenters.